The van der Waals surface area contributed by atoms with Gasteiger partial charge in [-0.25, -0.2) is 0 Å². The predicted octanol–water partition coefficient (Wildman–Crippen LogP) is 0.622. The van der Waals surface area contributed by atoms with Gasteiger partial charge in [0, 0.05) is 25.2 Å². The van der Waals surface area contributed by atoms with Gasteiger partial charge in [-0.1, -0.05) is 0 Å². The lowest BCUT2D eigenvalue weighted by Gasteiger charge is -2.12. The van der Waals surface area contributed by atoms with E-state index in [1.807, 2.05) is 0 Å². The van der Waals surface area contributed by atoms with Gasteiger partial charge in [-0.05, 0) is 12.5 Å². The molecule has 0 fully saturated rings. The topological polar surface area (TPSA) is 145 Å². The molecule has 9 nitrogen and oxygen atoms in total. The van der Waals surface area contributed by atoms with Gasteiger partial charge in [-0.15, -0.1) is 0 Å². The molecule has 0 spiro atoms. The van der Waals surface area contributed by atoms with Crippen LogP contribution in [-0.4, -0.2) is 43.3 Å². The van der Waals surface area contributed by atoms with E-state index >= 15 is 0 Å². The van der Waals surface area contributed by atoms with Gasteiger partial charge in [-0.2, -0.15) is 8.42 Å². The van der Waals surface area contributed by atoms with Crippen molar-refractivity contribution in [3.8, 4) is 5.75 Å². The fourth-order valence-electron chi connectivity index (χ4n) is 1.53. The number of rotatable bonds is 9. The van der Waals surface area contributed by atoms with Crippen molar-refractivity contribution in [1.82, 2.24) is 0 Å². The van der Waals surface area contributed by atoms with Gasteiger partial charge in [0.1, 0.15) is 5.75 Å². The Labute approximate surface area is 122 Å². The number of nitrogens with one attached hydrogen (secondary N) is 1. The van der Waals surface area contributed by atoms with Gasteiger partial charge in [0.15, 0.2) is 0 Å². The number of non-ortho nitro benzene ring substituents is 1. The third-order valence-electron chi connectivity index (χ3n) is 2.44. The molecule has 118 valence electrons. The maximum atomic E-state index is 10.7. The van der Waals surface area contributed by atoms with Crippen molar-refractivity contribution in [3.63, 3.8) is 0 Å². The summed E-state index contributed by atoms with van der Waals surface area (Å²) in [5, 5.41) is 13.6. The third-order valence-corrected chi connectivity index (χ3v) is 3.24. The van der Waals surface area contributed by atoms with E-state index in [9.17, 15) is 18.5 Å². The first kappa shape index (κ1) is 17.1. The number of ether oxygens (including phenoxy) is 1. The molecule has 0 saturated carbocycles. The molecule has 0 unspecified atom stereocenters. The summed E-state index contributed by atoms with van der Waals surface area (Å²) in [7, 11) is -4.02. The molecule has 0 saturated heterocycles. The lowest BCUT2D eigenvalue weighted by molar-refractivity contribution is -0.384. The van der Waals surface area contributed by atoms with E-state index in [4.69, 9.17) is 15.0 Å². The number of nitrogens with two attached hydrogens (primary N) is 1. The van der Waals surface area contributed by atoms with Crippen LogP contribution in [-0.2, 0) is 10.1 Å². The van der Waals surface area contributed by atoms with Crippen molar-refractivity contribution >= 4 is 21.5 Å². The van der Waals surface area contributed by atoms with Crippen molar-refractivity contribution in [1.29, 1.82) is 0 Å². The molecule has 0 aliphatic heterocycles. The Morgan fingerprint density at radius 1 is 1.43 bits per heavy atom. The summed E-state index contributed by atoms with van der Waals surface area (Å²) in [6.07, 6.45) is 0.103. The normalized spacial score (nSPS) is 11.1. The molecule has 0 radical (unpaired) electrons. The van der Waals surface area contributed by atoms with Crippen LogP contribution in [0.2, 0.25) is 0 Å². The van der Waals surface area contributed by atoms with Gasteiger partial charge >= 0.3 is 0 Å². The molecule has 0 aliphatic rings. The molecule has 0 heterocycles. The lowest BCUT2D eigenvalue weighted by atomic mass is 10.2. The molecule has 0 bridgehead atoms. The van der Waals surface area contributed by atoms with Crippen molar-refractivity contribution in [2.75, 3.05) is 30.8 Å². The van der Waals surface area contributed by atoms with Crippen molar-refractivity contribution < 1.29 is 22.6 Å². The average molecular weight is 319 g/mol. The zero-order valence-corrected chi connectivity index (χ0v) is 12.0. The lowest BCUT2D eigenvalue weighted by Crippen LogP contribution is -2.14. The third kappa shape index (κ3) is 6.38. The molecule has 1 rings (SSSR count). The van der Waals surface area contributed by atoms with Crippen molar-refractivity contribution in [2.24, 2.45) is 5.73 Å². The average Bonchev–Trinajstić information content (AvgIpc) is 2.40. The van der Waals surface area contributed by atoms with Crippen LogP contribution in [0.1, 0.15) is 6.42 Å². The Kier molecular flexibility index (Phi) is 6.34. The van der Waals surface area contributed by atoms with Crippen LogP contribution in [0.3, 0.4) is 0 Å². The summed E-state index contributed by atoms with van der Waals surface area (Å²) in [4.78, 5) is 10.2. The van der Waals surface area contributed by atoms with E-state index in [2.05, 4.69) is 5.32 Å². The predicted molar refractivity (Wildman–Crippen MR) is 77.2 cm³/mol. The van der Waals surface area contributed by atoms with E-state index in [0.717, 1.165) is 0 Å². The van der Waals surface area contributed by atoms with Crippen LogP contribution in [0, 0.1) is 10.1 Å². The molecule has 0 aromatic heterocycles. The molecule has 1 aromatic rings. The smallest absolute Gasteiger partial charge is 0.271 e. The fraction of sp³-hybridized carbons (Fsp3) is 0.455. The Morgan fingerprint density at radius 2 is 2.14 bits per heavy atom. The van der Waals surface area contributed by atoms with E-state index in [1.165, 1.54) is 18.2 Å². The number of hydrogen-bond donors (Lipinski definition) is 3. The maximum absolute atomic E-state index is 10.7. The summed E-state index contributed by atoms with van der Waals surface area (Å²) in [5.74, 6) is -0.0599. The largest absolute Gasteiger partial charge is 0.491 e. The zero-order chi connectivity index (χ0) is 15.9. The minimum absolute atomic E-state index is 0.0505. The minimum atomic E-state index is -4.02. The summed E-state index contributed by atoms with van der Waals surface area (Å²) in [6.45, 7) is 0.794. The number of nitrogens with zero attached hydrogens (tertiary/aromatic N) is 1. The number of nitro groups is 1. The second-order valence-electron chi connectivity index (χ2n) is 4.14. The molecule has 4 N–H and O–H groups in total. The van der Waals surface area contributed by atoms with Gasteiger partial charge < -0.3 is 15.8 Å². The zero-order valence-electron chi connectivity index (χ0n) is 11.2. The fourth-order valence-corrected chi connectivity index (χ4v) is 2.01. The minimum Gasteiger partial charge on any atom is -0.491 e. The highest BCUT2D eigenvalue weighted by atomic mass is 32.2. The Hall–Kier alpha value is -1.91. The SMILES string of the molecule is NCCNc1cc([N+](=O)[O-])ccc1OCCCS(=O)(=O)O. The second-order valence-corrected chi connectivity index (χ2v) is 5.71. The van der Waals surface area contributed by atoms with Crippen LogP contribution in [0.5, 0.6) is 5.75 Å². The number of benzene rings is 1. The first-order chi connectivity index (χ1) is 9.83. The Balaban J connectivity index is 2.72. The van der Waals surface area contributed by atoms with E-state index in [0.29, 0.717) is 24.5 Å². The highest BCUT2D eigenvalue weighted by Gasteiger charge is 2.12. The van der Waals surface area contributed by atoms with Gasteiger partial charge in [0.2, 0.25) is 0 Å². The van der Waals surface area contributed by atoms with Crippen molar-refractivity contribution in [3.05, 3.63) is 28.3 Å². The quantitative estimate of drug-likeness (QED) is 0.260. The number of anilines is 1. The Bertz CT molecular complexity index is 590. The molecule has 10 heteroatoms. The molecule has 0 atom stereocenters. The van der Waals surface area contributed by atoms with E-state index in [-0.39, 0.29) is 18.7 Å². The number of hydrogen-bond acceptors (Lipinski definition) is 7. The highest BCUT2D eigenvalue weighted by Crippen LogP contribution is 2.29. The monoisotopic (exact) mass is 319 g/mol. The molecule has 21 heavy (non-hydrogen) atoms. The molecule has 0 aliphatic carbocycles. The summed E-state index contributed by atoms with van der Waals surface area (Å²) < 4.78 is 35.1. The van der Waals surface area contributed by atoms with Crippen LogP contribution in [0.4, 0.5) is 11.4 Å². The van der Waals surface area contributed by atoms with Gasteiger partial charge in [0.05, 0.1) is 23.0 Å². The van der Waals surface area contributed by atoms with E-state index in [1.54, 1.807) is 0 Å². The van der Waals surface area contributed by atoms with Crippen LogP contribution in [0.15, 0.2) is 18.2 Å². The number of nitro benzene ring substituents is 1. The molecular weight excluding hydrogens is 302 g/mol. The molecule has 0 amide bonds. The van der Waals surface area contributed by atoms with Crippen LogP contribution < -0.4 is 15.8 Å². The van der Waals surface area contributed by atoms with Crippen LogP contribution in [0.25, 0.3) is 0 Å². The van der Waals surface area contributed by atoms with Crippen molar-refractivity contribution in [2.45, 2.75) is 6.42 Å². The first-order valence-corrected chi connectivity index (χ1v) is 7.75. The Morgan fingerprint density at radius 3 is 2.71 bits per heavy atom. The maximum Gasteiger partial charge on any atom is 0.271 e. The summed E-state index contributed by atoms with van der Waals surface area (Å²) in [6, 6.07) is 4.02. The van der Waals surface area contributed by atoms with Gasteiger partial charge in [0.25, 0.3) is 15.8 Å². The second kappa shape index (κ2) is 7.76. The van der Waals surface area contributed by atoms with Crippen LogP contribution >= 0.6 is 0 Å². The van der Waals surface area contributed by atoms with E-state index < -0.39 is 20.8 Å². The summed E-state index contributed by atoms with van der Waals surface area (Å²) >= 11 is 0. The molecule has 1 aromatic carbocycles. The molecular formula is C11H17N3O6S. The standard InChI is InChI=1S/C11H17N3O6S/c12-4-5-13-10-8-9(14(15)16)2-3-11(10)20-6-1-7-21(17,18)19/h2-3,8,13H,1,4-7,12H2,(H,17,18,19). The first-order valence-electron chi connectivity index (χ1n) is 6.14. The van der Waals surface area contributed by atoms with Gasteiger partial charge in [-0.3, -0.25) is 14.7 Å². The highest BCUT2D eigenvalue weighted by molar-refractivity contribution is 7.85. The summed E-state index contributed by atoms with van der Waals surface area (Å²) in [5.41, 5.74) is 5.67.